The van der Waals surface area contributed by atoms with Crippen LogP contribution in [-0.2, 0) is 13.0 Å². The number of aromatic nitrogens is 2. The third kappa shape index (κ3) is 3.63. The van der Waals surface area contributed by atoms with Gasteiger partial charge in [-0.2, -0.15) is 5.10 Å². The Balaban J connectivity index is 2.61. The molecule has 0 saturated heterocycles. The van der Waals surface area contributed by atoms with Gasteiger partial charge in [-0.3, -0.25) is 4.68 Å². The normalized spacial score (nSPS) is 13.0. The Morgan fingerprint density at radius 1 is 1.44 bits per heavy atom. The second-order valence-corrected chi connectivity index (χ2v) is 4.42. The van der Waals surface area contributed by atoms with Crippen molar-refractivity contribution in [3.63, 3.8) is 0 Å². The summed E-state index contributed by atoms with van der Waals surface area (Å²) in [5, 5.41) is 7.89. The molecule has 0 spiro atoms. The van der Waals surface area contributed by atoms with E-state index in [0.717, 1.165) is 18.7 Å². The Labute approximate surface area is 99.2 Å². The average Bonchev–Trinajstić information content (AvgIpc) is 2.64. The first-order chi connectivity index (χ1) is 7.71. The van der Waals surface area contributed by atoms with Gasteiger partial charge < -0.3 is 5.32 Å². The van der Waals surface area contributed by atoms with Crippen molar-refractivity contribution in [2.24, 2.45) is 0 Å². The van der Waals surface area contributed by atoms with E-state index in [1.54, 1.807) is 0 Å². The predicted molar refractivity (Wildman–Crippen MR) is 68.7 cm³/mol. The van der Waals surface area contributed by atoms with E-state index in [0.29, 0.717) is 6.04 Å². The number of rotatable bonds is 7. The van der Waals surface area contributed by atoms with E-state index >= 15 is 0 Å². The number of nitrogens with zero attached hydrogens (tertiary/aromatic N) is 2. The lowest BCUT2D eigenvalue weighted by Gasteiger charge is -2.16. The monoisotopic (exact) mass is 223 g/mol. The van der Waals surface area contributed by atoms with Gasteiger partial charge in [0.15, 0.2) is 0 Å². The van der Waals surface area contributed by atoms with E-state index in [9.17, 15) is 0 Å². The highest BCUT2D eigenvalue weighted by Crippen LogP contribution is 2.10. The van der Waals surface area contributed by atoms with Crippen LogP contribution in [0.4, 0.5) is 0 Å². The van der Waals surface area contributed by atoms with Crippen LogP contribution in [0.2, 0.25) is 0 Å². The fourth-order valence-electron chi connectivity index (χ4n) is 2.09. The smallest absolute Gasteiger partial charge is 0.0596 e. The second-order valence-electron chi connectivity index (χ2n) is 4.42. The van der Waals surface area contributed by atoms with Gasteiger partial charge in [0, 0.05) is 24.7 Å². The molecule has 1 rings (SSSR count). The van der Waals surface area contributed by atoms with E-state index in [1.165, 1.54) is 25.0 Å². The topological polar surface area (TPSA) is 29.9 Å². The Morgan fingerprint density at radius 2 is 2.19 bits per heavy atom. The summed E-state index contributed by atoms with van der Waals surface area (Å²) in [6, 6.07) is 2.79. The van der Waals surface area contributed by atoms with Crippen molar-refractivity contribution in [1.29, 1.82) is 0 Å². The molecule has 1 heterocycles. The Kier molecular flexibility index (Phi) is 5.53. The van der Waals surface area contributed by atoms with Crippen LogP contribution in [0.5, 0.6) is 0 Å². The summed E-state index contributed by atoms with van der Waals surface area (Å²) in [5.74, 6) is 0. The summed E-state index contributed by atoms with van der Waals surface area (Å²) >= 11 is 0. The zero-order valence-corrected chi connectivity index (χ0v) is 11.1. The number of hydrogen-bond donors (Lipinski definition) is 1. The molecule has 0 aliphatic carbocycles. The van der Waals surface area contributed by atoms with Gasteiger partial charge in [-0.1, -0.05) is 19.8 Å². The molecular formula is C13H25N3. The van der Waals surface area contributed by atoms with Crippen LogP contribution in [0, 0.1) is 6.92 Å². The van der Waals surface area contributed by atoms with Crippen LogP contribution in [0.25, 0.3) is 0 Å². The first kappa shape index (κ1) is 13.2. The molecular weight excluding hydrogens is 198 g/mol. The molecule has 0 radical (unpaired) electrons. The maximum absolute atomic E-state index is 4.49. The molecule has 0 aliphatic rings. The number of likely N-dealkylation sites (N-methyl/N-ethyl adjacent to an activating group) is 1. The summed E-state index contributed by atoms with van der Waals surface area (Å²) in [5.41, 5.74) is 2.48. The lowest BCUT2D eigenvalue weighted by Crippen LogP contribution is -2.28. The zero-order chi connectivity index (χ0) is 12.0. The molecule has 16 heavy (non-hydrogen) atoms. The molecule has 0 amide bonds. The van der Waals surface area contributed by atoms with Crippen molar-refractivity contribution in [2.75, 3.05) is 7.05 Å². The van der Waals surface area contributed by atoms with Crippen molar-refractivity contribution in [3.8, 4) is 0 Å². The van der Waals surface area contributed by atoms with Gasteiger partial charge in [-0.25, -0.2) is 0 Å². The van der Waals surface area contributed by atoms with Crippen LogP contribution >= 0.6 is 0 Å². The van der Waals surface area contributed by atoms with Crippen LogP contribution in [-0.4, -0.2) is 22.9 Å². The summed E-state index contributed by atoms with van der Waals surface area (Å²) < 4.78 is 2.12. The molecule has 3 heteroatoms. The van der Waals surface area contributed by atoms with Gasteiger partial charge in [0.05, 0.1) is 5.69 Å². The molecule has 92 valence electrons. The molecule has 1 N–H and O–H groups in total. The van der Waals surface area contributed by atoms with Gasteiger partial charge in [0.25, 0.3) is 0 Å². The largest absolute Gasteiger partial charge is 0.317 e. The van der Waals surface area contributed by atoms with Crippen molar-refractivity contribution < 1.29 is 0 Å². The summed E-state index contributed by atoms with van der Waals surface area (Å²) in [6.07, 6.45) is 4.90. The molecule has 1 aromatic heterocycles. The molecule has 1 aromatic rings. The van der Waals surface area contributed by atoms with E-state index in [4.69, 9.17) is 0 Å². The van der Waals surface area contributed by atoms with Gasteiger partial charge in [0.2, 0.25) is 0 Å². The van der Waals surface area contributed by atoms with Crippen molar-refractivity contribution in [1.82, 2.24) is 15.1 Å². The fourth-order valence-corrected chi connectivity index (χ4v) is 2.09. The molecule has 0 aliphatic heterocycles. The lowest BCUT2D eigenvalue weighted by molar-refractivity contribution is 0.478. The minimum absolute atomic E-state index is 0.585. The quantitative estimate of drug-likeness (QED) is 0.770. The van der Waals surface area contributed by atoms with Gasteiger partial charge in [-0.15, -0.1) is 0 Å². The third-order valence-electron chi connectivity index (χ3n) is 3.05. The number of hydrogen-bond acceptors (Lipinski definition) is 2. The summed E-state index contributed by atoms with van der Waals surface area (Å²) in [7, 11) is 2.06. The zero-order valence-electron chi connectivity index (χ0n) is 11.1. The molecule has 0 aromatic carbocycles. The van der Waals surface area contributed by atoms with Gasteiger partial charge >= 0.3 is 0 Å². The molecule has 1 unspecified atom stereocenters. The molecule has 1 atom stereocenters. The van der Waals surface area contributed by atoms with Crippen LogP contribution in [0.1, 0.15) is 44.5 Å². The first-order valence-corrected chi connectivity index (χ1v) is 6.41. The van der Waals surface area contributed by atoms with E-state index < -0.39 is 0 Å². The van der Waals surface area contributed by atoms with Crippen molar-refractivity contribution in [3.05, 3.63) is 17.5 Å². The minimum atomic E-state index is 0.585. The first-order valence-electron chi connectivity index (χ1n) is 6.41. The molecule has 0 saturated carbocycles. The van der Waals surface area contributed by atoms with Crippen LogP contribution < -0.4 is 5.32 Å². The fraction of sp³-hybridized carbons (Fsp3) is 0.769. The number of unbranched alkanes of at least 4 members (excludes halogenated alkanes) is 1. The number of aryl methyl sites for hydroxylation is 2. The predicted octanol–water partition coefficient (Wildman–Crippen LogP) is 2.53. The maximum atomic E-state index is 4.49. The van der Waals surface area contributed by atoms with Crippen LogP contribution in [0.15, 0.2) is 6.07 Å². The summed E-state index contributed by atoms with van der Waals surface area (Å²) in [6.45, 7) is 7.42. The maximum Gasteiger partial charge on any atom is 0.0596 e. The highest BCUT2D eigenvalue weighted by molar-refractivity contribution is 5.10. The Hall–Kier alpha value is -0.830. The average molecular weight is 223 g/mol. The molecule has 0 fully saturated rings. The SMILES string of the molecule is CCCCC(Cc1cc(C)nn1CC)NC. The Bertz CT molecular complexity index is 304. The Morgan fingerprint density at radius 3 is 2.75 bits per heavy atom. The van der Waals surface area contributed by atoms with E-state index in [-0.39, 0.29) is 0 Å². The highest BCUT2D eigenvalue weighted by atomic mass is 15.3. The minimum Gasteiger partial charge on any atom is -0.317 e. The lowest BCUT2D eigenvalue weighted by atomic mass is 10.0. The van der Waals surface area contributed by atoms with Gasteiger partial charge in [-0.05, 0) is 33.4 Å². The van der Waals surface area contributed by atoms with Crippen molar-refractivity contribution >= 4 is 0 Å². The van der Waals surface area contributed by atoms with Crippen molar-refractivity contribution in [2.45, 2.75) is 59.0 Å². The molecule has 3 nitrogen and oxygen atoms in total. The van der Waals surface area contributed by atoms with E-state index in [1.807, 2.05) is 0 Å². The second kappa shape index (κ2) is 6.69. The van der Waals surface area contributed by atoms with E-state index in [2.05, 4.69) is 49.0 Å². The number of nitrogens with one attached hydrogen (secondary N) is 1. The van der Waals surface area contributed by atoms with Gasteiger partial charge in [0.1, 0.15) is 0 Å². The molecule has 0 bridgehead atoms. The highest BCUT2D eigenvalue weighted by Gasteiger charge is 2.11. The standard InChI is InChI=1S/C13H25N3/c1-5-7-8-12(14-4)10-13-9-11(3)15-16(13)6-2/h9,12,14H,5-8,10H2,1-4H3. The third-order valence-corrected chi connectivity index (χ3v) is 3.05. The van der Waals surface area contributed by atoms with Crippen LogP contribution in [0.3, 0.4) is 0 Å². The summed E-state index contributed by atoms with van der Waals surface area (Å²) in [4.78, 5) is 0.